The number of thiazole rings is 1. The van der Waals surface area contributed by atoms with Crippen molar-refractivity contribution in [2.24, 2.45) is 0 Å². The Hall–Kier alpha value is -1.95. The molecule has 0 aliphatic heterocycles. The number of anilines is 1. The van der Waals surface area contributed by atoms with Gasteiger partial charge in [0.25, 0.3) is 5.91 Å². The first-order valence-corrected chi connectivity index (χ1v) is 7.67. The number of nitrogens with one attached hydrogen (secondary N) is 1. The van der Waals surface area contributed by atoms with E-state index in [0.29, 0.717) is 11.4 Å². The minimum Gasteiger partial charge on any atom is -0.384 e. The molecule has 0 aromatic carbocycles. The van der Waals surface area contributed by atoms with Gasteiger partial charge in [0.2, 0.25) is 0 Å². The van der Waals surface area contributed by atoms with Gasteiger partial charge in [-0.2, -0.15) is 0 Å². The van der Waals surface area contributed by atoms with Crippen molar-refractivity contribution in [1.82, 2.24) is 15.3 Å². The summed E-state index contributed by atoms with van der Waals surface area (Å²) in [6.07, 6.45) is 1.73. The Kier molecular flexibility index (Phi) is 4.27. The van der Waals surface area contributed by atoms with Crippen molar-refractivity contribution in [3.05, 3.63) is 40.0 Å². The molecule has 2 heterocycles. The van der Waals surface area contributed by atoms with E-state index in [1.807, 2.05) is 33.1 Å². The molecule has 0 bridgehead atoms. The number of aromatic nitrogens is 2. The van der Waals surface area contributed by atoms with Gasteiger partial charge in [-0.25, -0.2) is 9.97 Å². The lowest BCUT2D eigenvalue weighted by Gasteiger charge is -2.24. The summed E-state index contributed by atoms with van der Waals surface area (Å²) < 4.78 is 0. The van der Waals surface area contributed by atoms with Crippen LogP contribution in [0.15, 0.2) is 23.7 Å². The van der Waals surface area contributed by atoms with Crippen molar-refractivity contribution in [3.8, 4) is 0 Å². The minimum atomic E-state index is -0.527. The lowest BCUT2D eigenvalue weighted by atomic mass is 10.0. The van der Waals surface area contributed by atoms with Gasteiger partial charge in [-0.3, -0.25) is 4.79 Å². The van der Waals surface area contributed by atoms with E-state index in [9.17, 15) is 4.79 Å². The van der Waals surface area contributed by atoms with Crippen LogP contribution in [0.25, 0.3) is 0 Å². The van der Waals surface area contributed by atoms with E-state index in [4.69, 9.17) is 5.73 Å². The second-order valence-corrected chi connectivity index (χ2v) is 6.67. The molecule has 6 heteroatoms. The van der Waals surface area contributed by atoms with Crippen LogP contribution in [0, 0.1) is 0 Å². The molecule has 0 unspecified atom stereocenters. The van der Waals surface area contributed by atoms with Crippen LogP contribution in [0.4, 0.5) is 5.82 Å². The Bertz CT molecular complexity index is 635. The Labute approximate surface area is 128 Å². The number of nitrogens with zero attached hydrogens (tertiary/aromatic N) is 2. The molecule has 3 N–H and O–H groups in total. The number of pyridine rings is 1. The molecule has 0 saturated carbocycles. The number of amides is 1. The van der Waals surface area contributed by atoms with Crippen LogP contribution in [0.5, 0.6) is 0 Å². The molecule has 2 aromatic heterocycles. The van der Waals surface area contributed by atoms with Crippen LogP contribution < -0.4 is 11.1 Å². The number of hydrogen-bond donors (Lipinski definition) is 2. The molecule has 0 saturated heterocycles. The first-order valence-electron chi connectivity index (χ1n) is 6.79. The number of hydrogen-bond acceptors (Lipinski definition) is 5. The maximum atomic E-state index is 12.5. The standard InChI is InChI=1S/C15H20N4OS/c1-9(2)11-7-10(8-12(16)18-11)13(20)19-15(3,4)14-17-5-6-21-14/h5-9H,1-4H3,(H2,16,18)(H,19,20). The second kappa shape index (κ2) is 5.81. The molecule has 112 valence electrons. The molecule has 0 spiro atoms. The van der Waals surface area contributed by atoms with Crippen LogP contribution in [0.1, 0.15) is 54.7 Å². The quantitative estimate of drug-likeness (QED) is 0.910. The molecule has 21 heavy (non-hydrogen) atoms. The number of carbonyl (C=O) groups is 1. The maximum absolute atomic E-state index is 12.5. The normalized spacial score (nSPS) is 11.7. The third kappa shape index (κ3) is 3.58. The molecule has 0 aliphatic rings. The smallest absolute Gasteiger partial charge is 0.252 e. The fourth-order valence-corrected chi connectivity index (χ4v) is 2.66. The number of carbonyl (C=O) groups excluding carboxylic acids is 1. The van der Waals surface area contributed by atoms with Gasteiger partial charge in [-0.1, -0.05) is 13.8 Å². The van der Waals surface area contributed by atoms with Crippen molar-refractivity contribution >= 4 is 23.1 Å². The van der Waals surface area contributed by atoms with Crippen LogP contribution in [-0.2, 0) is 5.54 Å². The van der Waals surface area contributed by atoms with Gasteiger partial charge >= 0.3 is 0 Å². The van der Waals surface area contributed by atoms with Gasteiger partial charge in [0.15, 0.2) is 0 Å². The summed E-state index contributed by atoms with van der Waals surface area (Å²) in [5, 5.41) is 5.75. The monoisotopic (exact) mass is 304 g/mol. The summed E-state index contributed by atoms with van der Waals surface area (Å²) in [6.45, 7) is 7.89. The summed E-state index contributed by atoms with van der Waals surface area (Å²) in [5.74, 6) is 0.400. The topological polar surface area (TPSA) is 80.9 Å². The number of nitrogens with two attached hydrogens (primary N) is 1. The average molecular weight is 304 g/mol. The highest BCUT2D eigenvalue weighted by Gasteiger charge is 2.26. The highest BCUT2D eigenvalue weighted by Crippen LogP contribution is 2.23. The zero-order valence-electron chi connectivity index (χ0n) is 12.7. The first kappa shape index (κ1) is 15.4. The molecular weight excluding hydrogens is 284 g/mol. The third-order valence-corrected chi connectivity index (χ3v) is 4.21. The fourth-order valence-electron chi connectivity index (χ4n) is 1.94. The second-order valence-electron chi connectivity index (χ2n) is 5.78. The summed E-state index contributed by atoms with van der Waals surface area (Å²) in [6, 6.07) is 3.38. The van der Waals surface area contributed by atoms with Gasteiger partial charge in [0.1, 0.15) is 10.8 Å². The Balaban J connectivity index is 2.25. The molecular formula is C15H20N4OS. The van der Waals surface area contributed by atoms with Crippen LogP contribution in [-0.4, -0.2) is 15.9 Å². The maximum Gasteiger partial charge on any atom is 0.252 e. The molecule has 0 aliphatic carbocycles. The summed E-state index contributed by atoms with van der Waals surface area (Å²) in [4.78, 5) is 21.0. The third-order valence-electron chi connectivity index (χ3n) is 3.11. The van der Waals surface area contributed by atoms with Crippen molar-refractivity contribution in [1.29, 1.82) is 0 Å². The van der Waals surface area contributed by atoms with Crippen LogP contribution >= 0.6 is 11.3 Å². The van der Waals surface area contributed by atoms with E-state index in [-0.39, 0.29) is 11.8 Å². The zero-order valence-corrected chi connectivity index (χ0v) is 13.5. The first-order chi connectivity index (χ1) is 9.79. The Morgan fingerprint density at radius 3 is 2.67 bits per heavy atom. The number of nitrogen functional groups attached to an aromatic ring is 1. The van der Waals surface area contributed by atoms with E-state index in [2.05, 4.69) is 15.3 Å². The Morgan fingerprint density at radius 1 is 1.38 bits per heavy atom. The SMILES string of the molecule is CC(C)c1cc(C(=O)NC(C)(C)c2nccs2)cc(N)n1. The minimum absolute atomic E-state index is 0.175. The highest BCUT2D eigenvalue weighted by atomic mass is 32.1. The molecule has 1 amide bonds. The van der Waals surface area contributed by atoms with Gasteiger partial charge in [0.05, 0.1) is 5.54 Å². The molecule has 2 rings (SSSR count). The van der Waals surface area contributed by atoms with Gasteiger partial charge in [0, 0.05) is 22.8 Å². The van der Waals surface area contributed by atoms with Gasteiger partial charge < -0.3 is 11.1 Å². The molecule has 5 nitrogen and oxygen atoms in total. The van der Waals surface area contributed by atoms with Crippen molar-refractivity contribution < 1.29 is 4.79 Å². The van der Waals surface area contributed by atoms with E-state index in [1.54, 1.807) is 18.3 Å². The molecule has 0 fully saturated rings. The zero-order chi connectivity index (χ0) is 15.6. The van der Waals surface area contributed by atoms with Gasteiger partial charge in [-0.15, -0.1) is 11.3 Å². The molecule has 0 atom stereocenters. The lowest BCUT2D eigenvalue weighted by molar-refractivity contribution is 0.0911. The van der Waals surface area contributed by atoms with Crippen LogP contribution in [0.2, 0.25) is 0 Å². The van der Waals surface area contributed by atoms with Crippen molar-refractivity contribution in [2.75, 3.05) is 5.73 Å². The fraction of sp³-hybridized carbons (Fsp3) is 0.400. The molecule has 0 radical (unpaired) electrons. The highest BCUT2D eigenvalue weighted by molar-refractivity contribution is 7.09. The summed E-state index contributed by atoms with van der Waals surface area (Å²) >= 11 is 1.52. The van der Waals surface area contributed by atoms with Crippen LogP contribution in [0.3, 0.4) is 0 Å². The van der Waals surface area contributed by atoms with E-state index >= 15 is 0 Å². The van der Waals surface area contributed by atoms with E-state index in [0.717, 1.165) is 10.7 Å². The van der Waals surface area contributed by atoms with Crippen molar-refractivity contribution in [2.45, 2.75) is 39.2 Å². The Morgan fingerprint density at radius 2 is 2.10 bits per heavy atom. The van der Waals surface area contributed by atoms with Gasteiger partial charge in [-0.05, 0) is 31.9 Å². The lowest BCUT2D eigenvalue weighted by Crippen LogP contribution is -2.41. The van der Waals surface area contributed by atoms with E-state index < -0.39 is 5.54 Å². The molecule has 2 aromatic rings. The number of rotatable bonds is 4. The summed E-state index contributed by atoms with van der Waals surface area (Å²) in [5.41, 5.74) is 6.60. The van der Waals surface area contributed by atoms with Crippen molar-refractivity contribution in [3.63, 3.8) is 0 Å². The average Bonchev–Trinajstić information content (AvgIpc) is 2.92. The summed E-state index contributed by atoms with van der Waals surface area (Å²) in [7, 11) is 0. The van der Waals surface area contributed by atoms with E-state index in [1.165, 1.54) is 11.3 Å². The predicted octanol–water partition coefficient (Wildman–Crippen LogP) is 2.91. The largest absolute Gasteiger partial charge is 0.384 e. The predicted molar refractivity (Wildman–Crippen MR) is 85.3 cm³/mol.